The van der Waals surface area contributed by atoms with Crippen molar-refractivity contribution in [2.45, 2.75) is 51.6 Å². The van der Waals surface area contributed by atoms with Crippen molar-refractivity contribution >= 4 is 19.7 Å². The van der Waals surface area contributed by atoms with Gasteiger partial charge in [-0.05, 0) is 55.9 Å². The molecule has 9 atom stereocenters. The molecule has 6 nitrogen and oxygen atoms in total. The molecule has 0 radical (unpaired) electrons. The van der Waals surface area contributed by atoms with Crippen molar-refractivity contribution in [3.05, 3.63) is 72.8 Å². The first-order chi connectivity index (χ1) is 16.3. The van der Waals surface area contributed by atoms with E-state index in [2.05, 4.69) is 17.3 Å². The minimum atomic E-state index is -3.93. The van der Waals surface area contributed by atoms with E-state index < -0.39 is 41.1 Å². The van der Waals surface area contributed by atoms with E-state index in [1.807, 2.05) is 6.92 Å². The van der Waals surface area contributed by atoms with Crippen LogP contribution in [-0.2, 0) is 19.7 Å². The van der Waals surface area contributed by atoms with Gasteiger partial charge in [0.2, 0.25) is 0 Å². The topological polar surface area (TPSA) is 93.0 Å². The maximum absolute atomic E-state index is 14.3. The molecule has 3 fully saturated rings. The normalized spacial score (nSPS) is 43.4. The molecule has 0 unspecified atom stereocenters. The molecule has 1 aliphatic heterocycles. The van der Waals surface area contributed by atoms with Crippen molar-refractivity contribution in [1.82, 2.24) is 0 Å². The van der Waals surface area contributed by atoms with Crippen LogP contribution in [0.15, 0.2) is 92.8 Å². The van der Waals surface area contributed by atoms with Gasteiger partial charge in [-0.15, -0.1) is 0 Å². The van der Waals surface area contributed by atoms with Crippen molar-refractivity contribution in [3.63, 3.8) is 0 Å². The van der Waals surface area contributed by atoms with E-state index >= 15 is 0 Å². The minimum absolute atomic E-state index is 0.120. The van der Waals surface area contributed by atoms with Gasteiger partial charge in [0, 0.05) is 17.3 Å². The molecule has 2 aromatic carbocycles. The smallest absolute Gasteiger partial charge is 0.182 e. The van der Waals surface area contributed by atoms with Gasteiger partial charge in [0.1, 0.15) is 5.54 Å². The van der Waals surface area contributed by atoms with Crippen LogP contribution < -0.4 is 0 Å². The molecule has 0 spiro atoms. The summed E-state index contributed by atoms with van der Waals surface area (Å²) in [5.41, 5.74) is -1.04. The quantitative estimate of drug-likeness (QED) is 0.598. The number of hydrogen-bond acceptors (Lipinski definition) is 6. The second-order valence-corrected chi connectivity index (χ2v) is 14.8. The Hall–Kier alpha value is -2.32. The average molecular weight is 495 g/mol. The maximum atomic E-state index is 14.3. The van der Waals surface area contributed by atoms with Crippen molar-refractivity contribution < 1.29 is 16.8 Å². The fourth-order valence-corrected chi connectivity index (χ4v) is 14.0. The Morgan fingerprint density at radius 2 is 1.26 bits per heavy atom. The molecule has 2 aromatic rings. The first kappa shape index (κ1) is 21.0. The van der Waals surface area contributed by atoms with Gasteiger partial charge in [0.25, 0.3) is 0 Å². The lowest BCUT2D eigenvalue weighted by Crippen LogP contribution is -2.65. The number of nitrogens with zero attached hydrogens (tertiary/aromatic N) is 2. The fraction of sp³-hybridized carbons (Fsp3) is 0.462. The Kier molecular flexibility index (Phi) is 3.99. The first-order valence-electron chi connectivity index (χ1n) is 12.0. The molecule has 176 valence electrons. The van der Waals surface area contributed by atoms with Crippen LogP contribution in [-0.4, -0.2) is 38.9 Å². The standard InChI is InChI=1S/C26H26N2O4S2/c1-16-25-17-12-13-18(14-17)26(25,28-27-16)22-15-21(25)23(33(29,30)19-8-4-2-5-9-19)24(22)34(31,32)20-10-6-3-7-11-20/h2-13,16-18,21-24H,14-15H2,1H3/t16-,17-,18-,21-,22-,23+,24-,25-,26-/m0/s1. The highest BCUT2D eigenvalue weighted by Gasteiger charge is 2.86. The second kappa shape index (κ2) is 6.46. The molecule has 0 amide bonds. The predicted octanol–water partition coefficient (Wildman–Crippen LogP) is 4.11. The monoisotopic (exact) mass is 494 g/mol. The molecule has 5 aliphatic rings. The molecule has 0 saturated heterocycles. The van der Waals surface area contributed by atoms with Gasteiger partial charge >= 0.3 is 0 Å². The van der Waals surface area contributed by atoms with E-state index in [1.165, 1.54) is 0 Å². The van der Waals surface area contributed by atoms with Gasteiger partial charge in [-0.1, -0.05) is 48.6 Å². The van der Waals surface area contributed by atoms with Crippen LogP contribution in [0.1, 0.15) is 19.8 Å². The number of azo groups is 1. The lowest BCUT2D eigenvalue weighted by atomic mass is 9.54. The van der Waals surface area contributed by atoms with Crippen LogP contribution in [0.2, 0.25) is 0 Å². The van der Waals surface area contributed by atoms with Crippen LogP contribution >= 0.6 is 0 Å². The van der Waals surface area contributed by atoms with Gasteiger partial charge in [0.05, 0.1) is 26.3 Å². The van der Waals surface area contributed by atoms with E-state index in [-0.39, 0.29) is 39.5 Å². The summed E-state index contributed by atoms with van der Waals surface area (Å²) >= 11 is 0. The van der Waals surface area contributed by atoms with Crippen molar-refractivity contribution in [3.8, 4) is 0 Å². The number of allylic oxidation sites excluding steroid dienone is 1. The minimum Gasteiger partial charge on any atom is -0.223 e. The largest absolute Gasteiger partial charge is 0.223 e. The first-order valence-corrected chi connectivity index (χ1v) is 15.0. The van der Waals surface area contributed by atoms with E-state index in [0.29, 0.717) is 6.42 Å². The Bertz CT molecular complexity index is 1450. The molecule has 8 heteroatoms. The lowest BCUT2D eigenvalue weighted by molar-refractivity contribution is 0.0480. The summed E-state index contributed by atoms with van der Waals surface area (Å²) < 4.78 is 56.9. The van der Waals surface area contributed by atoms with Gasteiger partial charge in [-0.3, -0.25) is 0 Å². The Morgan fingerprint density at radius 3 is 1.85 bits per heavy atom. The number of hydrogen-bond donors (Lipinski definition) is 0. The SMILES string of the molecule is C[C@@H]1N=N[C@]23[C@H]4C=C[C@@H](C4)[C@]12[C@H]1C[C@H]3[C@H](S(=O)(=O)c2ccccc2)[C@@H]1S(=O)(=O)c1ccccc1. The third kappa shape index (κ3) is 2.11. The summed E-state index contributed by atoms with van der Waals surface area (Å²) in [6, 6.07) is 16.6. The summed E-state index contributed by atoms with van der Waals surface area (Å²) in [6.45, 7) is 2.05. The summed E-state index contributed by atoms with van der Waals surface area (Å²) in [6.07, 6.45) is 5.88. The van der Waals surface area contributed by atoms with E-state index in [1.54, 1.807) is 60.7 Å². The lowest BCUT2D eigenvalue weighted by Gasteiger charge is -2.53. The highest BCUT2D eigenvalue weighted by molar-refractivity contribution is 7.96. The summed E-state index contributed by atoms with van der Waals surface area (Å²) in [5.74, 6) is -0.377. The molecule has 1 heterocycles. The summed E-state index contributed by atoms with van der Waals surface area (Å²) in [7, 11) is -7.86. The summed E-state index contributed by atoms with van der Waals surface area (Å²) in [4.78, 5) is 0.380. The average Bonchev–Trinajstić information content (AvgIpc) is 3.64. The third-order valence-corrected chi connectivity index (χ3v) is 14.4. The summed E-state index contributed by atoms with van der Waals surface area (Å²) in [5, 5.41) is 7.47. The Balaban J connectivity index is 1.49. The van der Waals surface area contributed by atoms with Crippen LogP contribution in [0, 0.1) is 29.1 Å². The second-order valence-electron chi connectivity index (χ2n) is 10.6. The van der Waals surface area contributed by atoms with Gasteiger partial charge in [-0.25, -0.2) is 16.8 Å². The van der Waals surface area contributed by atoms with Crippen LogP contribution in [0.4, 0.5) is 0 Å². The van der Waals surface area contributed by atoms with Crippen LogP contribution in [0.3, 0.4) is 0 Å². The molecular formula is C26H26N2O4S2. The van der Waals surface area contributed by atoms with Crippen LogP contribution in [0.5, 0.6) is 0 Å². The van der Waals surface area contributed by atoms with E-state index in [0.717, 1.165) is 6.42 Å². The van der Waals surface area contributed by atoms with Crippen LogP contribution in [0.25, 0.3) is 0 Å². The number of fused-ring (bicyclic) bond motifs is 4. The molecule has 3 saturated carbocycles. The number of rotatable bonds is 4. The molecule has 0 N–H and O–H groups in total. The Morgan fingerprint density at radius 1 is 0.735 bits per heavy atom. The van der Waals surface area contributed by atoms with Crippen molar-refractivity contribution in [2.75, 3.05) is 0 Å². The van der Waals surface area contributed by atoms with Gasteiger partial charge < -0.3 is 0 Å². The molecule has 4 aliphatic carbocycles. The molecule has 4 bridgehead atoms. The van der Waals surface area contributed by atoms with Gasteiger partial charge in [0.15, 0.2) is 19.7 Å². The molecule has 7 rings (SSSR count). The van der Waals surface area contributed by atoms with E-state index in [4.69, 9.17) is 5.11 Å². The molecule has 0 aromatic heterocycles. The molecular weight excluding hydrogens is 468 g/mol. The number of benzene rings is 2. The van der Waals surface area contributed by atoms with Crippen molar-refractivity contribution in [2.24, 2.45) is 39.3 Å². The van der Waals surface area contributed by atoms with Gasteiger partial charge in [-0.2, -0.15) is 10.2 Å². The zero-order valence-corrected chi connectivity index (χ0v) is 20.4. The van der Waals surface area contributed by atoms with E-state index in [9.17, 15) is 16.8 Å². The maximum Gasteiger partial charge on any atom is 0.182 e. The highest BCUT2D eigenvalue weighted by atomic mass is 32.2. The highest BCUT2D eigenvalue weighted by Crippen LogP contribution is 2.80. The zero-order chi connectivity index (χ0) is 23.5. The van der Waals surface area contributed by atoms with Crippen molar-refractivity contribution in [1.29, 1.82) is 0 Å². The predicted molar refractivity (Wildman–Crippen MR) is 127 cm³/mol. The zero-order valence-electron chi connectivity index (χ0n) is 18.7. The number of sulfone groups is 2. The Labute approximate surface area is 200 Å². The third-order valence-electron chi connectivity index (χ3n) is 9.71. The molecule has 34 heavy (non-hydrogen) atoms. The fourth-order valence-electron chi connectivity index (χ4n) is 8.85.